The van der Waals surface area contributed by atoms with E-state index in [1.54, 1.807) is 5.20 Å². The summed E-state index contributed by atoms with van der Waals surface area (Å²) < 4.78 is 7.09. The predicted octanol–water partition coefficient (Wildman–Crippen LogP) is 4.11. The maximum atomic E-state index is 7.09. The molecular weight excluding hydrogens is 372 g/mol. The van der Waals surface area contributed by atoms with Gasteiger partial charge >= 0.3 is 0 Å². The van der Waals surface area contributed by atoms with Gasteiger partial charge in [-0.25, -0.2) is 0 Å². The summed E-state index contributed by atoms with van der Waals surface area (Å²) in [5, 5.41) is 5.90. The topological polar surface area (TPSA) is 9.23 Å². The number of benzene rings is 3. The number of allylic oxidation sites excluding steroid dienone is 2. The van der Waals surface area contributed by atoms with Gasteiger partial charge in [0.25, 0.3) is 7.83 Å². The molecule has 0 aromatic heterocycles. The van der Waals surface area contributed by atoms with E-state index in [9.17, 15) is 0 Å². The quantitative estimate of drug-likeness (QED) is 0.599. The monoisotopic (exact) mass is 400 g/mol. The summed E-state index contributed by atoms with van der Waals surface area (Å²) >= 11 is 0. The van der Waals surface area contributed by atoms with Gasteiger partial charge in [0, 0.05) is 6.61 Å². The zero-order valence-corrected chi connectivity index (χ0v) is 18.8. The minimum Gasteiger partial charge on any atom is -0.410 e. The first kappa shape index (κ1) is 19.1. The lowest BCUT2D eigenvalue weighted by molar-refractivity contribution is 0.316. The summed E-state index contributed by atoms with van der Waals surface area (Å²) in [6, 6.07) is 34.8. The maximum absolute atomic E-state index is 7.09. The lowest BCUT2D eigenvalue weighted by Crippen LogP contribution is -2.84. The zero-order chi connectivity index (χ0) is 19.5. The Balaban J connectivity index is 2.12. The highest BCUT2D eigenvalue weighted by atomic mass is 29.3. The van der Waals surface area contributed by atoms with Crippen molar-refractivity contribution >= 4 is 31.0 Å². The van der Waals surface area contributed by atoms with Crippen molar-refractivity contribution in [2.75, 3.05) is 6.61 Å². The molecular formula is C25H28OSi2. The van der Waals surface area contributed by atoms with Crippen LogP contribution in [0.4, 0.5) is 0 Å². The summed E-state index contributed by atoms with van der Waals surface area (Å²) in [6.45, 7) is 5.42. The molecule has 3 heteroatoms. The van der Waals surface area contributed by atoms with Gasteiger partial charge in [0.2, 0.25) is 0 Å². The van der Waals surface area contributed by atoms with Crippen LogP contribution in [-0.4, -0.2) is 22.0 Å². The molecule has 0 N–H and O–H groups in total. The Morgan fingerprint density at radius 2 is 1.21 bits per heavy atom. The molecule has 1 atom stereocenters. The molecule has 0 saturated carbocycles. The molecule has 1 aliphatic heterocycles. The second kappa shape index (κ2) is 8.04. The first-order valence-electron chi connectivity index (χ1n) is 10.2. The summed E-state index contributed by atoms with van der Waals surface area (Å²) in [5.74, 6) is 0. The van der Waals surface area contributed by atoms with E-state index in [2.05, 4.69) is 111 Å². The van der Waals surface area contributed by atoms with Gasteiger partial charge in [0.15, 0.2) is 0 Å². The largest absolute Gasteiger partial charge is 0.410 e. The molecule has 0 bridgehead atoms. The van der Waals surface area contributed by atoms with E-state index in [1.165, 1.54) is 21.6 Å². The third kappa shape index (κ3) is 2.86. The van der Waals surface area contributed by atoms with Crippen molar-refractivity contribution in [1.82, 2.24) is 0 Å². The molecule has 4 rings (SSSR count). The lowest BCUT2D eigenvalue weighted by Gasteiger charge is -2.51. The Labute approximate surface area is 170 Å². The third-order valence-corrected chi connectivity index (χ3v) is 23.1. The molecule has 1 aliphatic rings. The van der Waals surface area contributed by atoms with Crippen molar-refractivity contribution in [3.05, 3.63) is 102 Å². The molecule has 0 spiro atoms. The van der Waals surface area contributed by atoms with Crippen LogP contribution < -0.4 is 15.6 Å². The molecule has 0 radical (unpaired) electrons. The van der Waals surface area contributed by atoms with E-state index in [-0.39, 0.29) is 0 Å². The zero-order valence-electron chi connectivity index (χ0n) is 16.8. The van der Waals surface area contributed by atoms with Crippen molar-refractivity contribution in [2.24, 2.45) is 0 Å². The van der Waals surface area contributed by atoms with Crippen LogP contribution >= 0.6 is 0 Å². The standard InChI is InChI=1S/C25H28OSi2/c1-3-22(2)27(23-14-7-4-8-15-23)21-13-20-26-28(27,24-16-9-5-10-17-24)25-18-11-6-12-19-25/h3-12,14-19H,13,20-21H2,1-2H3. The van der Waals surface area contributed by atoms with E-state index < -0.39 is 15.4 Å². The van der Waals surface area contributed by atoms with Crippen LogP contribution in [0.5, 0.6) is 0 Å². The van der Waals surface area contributed by atoms with Crippen LogP contribution in [0.2, 0.25) is 6.04 Å². The fourth-order valence-electron chi connectivity index (χ4n) is 5.05. The smallest absolute Gasteiger partial charge is 0.250 e. The van der Waals surface area contributed by atoms with E-state index in [1.807, 2.05) is 0 Å². The molecule has 0 aliphatic carbocycles. The Kier molecular flexibility index (Phi) is 5.49. The predicted molar refractivity (Wildman–Crippen MR) is 125 cm³/mol. The summed E-state index contributed by atoms with van der Waals surface area (Å²) in [4.78, 5) is 0. The van der Waals surface area contributed by atoms with Crippen LogP contribution in [-0.2, 0) is 4.43 Å². The molecule has 1 heterocycles. The van der Waals surface area contributed by atoms with Gasteiger partial charge in [-0.3, -0.25) is 0 Å². The fraction of sp³-hybridized carbons (Fsp3) is 0.200. The van der Waals surface area contributed by atoms with Crippen LogP contribution in [0.15, 0.2) is 102 Å². The van der Waals surface area contributed by atoms with Gasteiger partial charge < -0.3 is 4.43 Å². The first-order valence-corrected chi connectivity index (χ1v) is 15.3. The van der Waals surface area contributed by atoms with Gasteiger partial charge in [0.1, 0.15) is 7.59 Å². The normalized spacial score (nSPS) is 22.0. The van der Waals surface area contributed by atoms with Crippen molar-refractivity contribution in [1.29, 1.82) is 0 Å². The van der Waals surface area contributed by atoms with Crippen LogP contribution in [0, 0.1) is 0 Å². The molecule has 1 saturated heterocycles. The van der Waals surface area contributed by atoms with E-state index >= 15 is 0 Å². The number of rotatable bonds is 4. The number of hydrogen-bond donors (Lipinski definition) is 0. The highest BCUT2D eigenvalue weighted by molar-refractivity contribution is 7.55. The van der Waals surface area contributed by atoms with Crippen LogP contribution in [0.3, 0.4) is 0 Å². The van der Waals surface area contributed by atoms with Crippen molar-refractivity contribution in [3.8, 4) is 0 Å². The molecule has 3 aromatic carbocycles. The highest BCUT2D eigenvalue weighted by Crippen LogP contribution is 2.36. The molecule has 1 unspecified atom stereocenters. The van der Waals surface area contributed by atoms with Crippen molar-refractivity contribution < 1.29 is 4.43 Å². The number of hydrogen-bond acceptors (Lipinski definition) is 1. The lowest BCUT2D eigenvalue weighted by atomic mass is 10.4. The first-order chi connectivity index (χ1) is 13.8. The van der Waals surface area contributed by atoms with Gasteiger partial charge in [-0.2, -0.15) is 0 Å². The Bertz CT molecular complexity index is 899. The second-order valence-corrected chi connectivity index (χ2v) is 18.8. The molecule has 0 amide bonds. The second-order valence-electron chi connectivity index (χ2n) is 7.61. The fourth-order valence-corrected chi connectivity index (χ4v) is 23.5. The molecule has 1 nitrogen and oxygen atoms in total. The maximum Gasteiger partial charge on any atom is 0.250 e. The van der Waals surface area contributed by atoms with Crippen LogP contribution in [0.1, 0.15) is 20.3 Å². The van der Waals surface area contributed by atoms with Gasteiger partial charge in [-0.1, -0.05) is 107 Å². The summed E-state index contributed by atoms with van der Waals surface area (Å²) in [5.41, 5.74) is 0. The minimum atomic E-state index is -2.47. The molecule has 1 fully saturated rings. The summed E-state index contributed by atoms with van der Waals surface area (Å²) in [7, 11) is -4.61. The Morgan fingerprint density at radius 3 is 1.68 bits per heavy atom. The van der Waals surface area contributed by atoms with Gasteiger partial charge in [-0.15, -0.1) is 0 Å². The third-order valence-electron chi connectivity index (χ3n) is 6.35. The van der Waals surface area contributed by atoms with E-state index in [4.69, 9.17) is 4.43 Å². The summed E-state index contributed by atoms with van der Waals surface area (Å²) in [6.07, 6.45) is 3.50. The van der Waals surface area contributed by atoms with Gasteiger partial charge in [0.05, 0.1) is 0 Å². The van der Waals surface area contributed by atoms with E-state index in [0.29, 0.717) is 0 Å². The molecule has 28 heavy (non-hydrogen) atoms. The Hall–Kier alpha value is -2.21. The van der Waals surface area contributed by atoms with Crippen LogP contribution in [0.25, 0.3) is 0 Å². The van der Waals surface area contributed by atoms with E-state index in [0.717, 1.165) is 13.0 Å². The minimum absolute atomic E-state index is 0.856. The molecule has 3 aromatic rings. The SMILES string of the molecule is CC=C(C)[Si]1(c2ccccc2)CCCO[Si]1(c1ccccc1)c1ccccc1. The van der Waals surface area contributed by atoms with Gasteiger partial charge in [-0.05, 0) is 36.7 Å². The average Bonchev–Trinajstić information content (AvgIpc) is 2.80. The Morgan fingerprint density at radius 1 is 0.750 bits per heavy atom. The van der Waals surface area contributed by atoms with Crippen molar-refractivity contribution in [2.45, 2.75) is 26.3 Å². The average molecular weight is 401 g/mol. The molecule has 142 valence electrons. The van der Waals surface area contributed by atoms with Crippen molar-refractivity contribution in [3.63, 3.8) is 0 Å². The highest BCUT2D eigenvalue weighted by Gasteiger charge is 2.62.